The lowest BCUT2D eigenvalue weighted by molar-refractivity contribution is -0.385. The number of sulfonamides is 1. The number of non-ortho nitro benzene ring substituents is 1. The molecule has 0 heterocycles. The Bertz CT molecular complexity index is 849. The number of nitro groups is 1. The monoisotopic (exact) mass is 338 g/mol. The highest BCUT2D eigenvalue weighted by Gasteiger charge is 2.22. The van der Waals surface area contributed by atoms with Crippen LogP contribution in [0.25, 0.3) is 0 Å². The summed E-state index contributed by atoms with van der Waals surface area (Å²) < 4.78 is 40.0. The molecule has 0 radical (unpaired) electrons. The third kappa shape index (κ3) is 3.91. The molecule has 0 aliphatic carbocycles. The molecule has 0 unspecified atom stereocenters. The second kappa shape index (κ2) is 6.43. The van der Waals surface area contributed by atoms with Crippen LogP contribution < -0.4 is 4.72 Å². The molecule has 1 N–H and O–H groups in total. The van der Waals surface area contributed by atoms with Crippen LogP contribution in [0.2, 0.25) is 0 Å². The van der Waals surface area contributed by atoms with Crippen molar-refractivity contribution in [3.8, 4) is 0 Å². The van der Waals surface area contributed by atoms with Gasteiger partial charge in [0.25, 0.3) is 5.69 Å². The van der Waals surface area contributed by atoms with Crippen LogP contribution in [0.1, 0.15) is 16.7 Å². The Labute approximate surface area is 133 Å². The normalized spacial score (nSPS) is 11.4. The van der Waals surface area contributed by atoms with E-state index < -0.39 is 20.8 Å². The van der Waals surface area contributed by atoms with Gasteiger partial charge in [-0.05, 0) is 42.7 Å². The summed E-state index contributed by atoms with van der Waals surface area (Å²) in [4.78, 5) is 10.1. The Hall–Kier alpha value is -2.32. The largest absolute Gasteiger partial charge is 0.271 e. The molecule has 0 spiro atoms. The van der Waals surface area contributed by atoms with Gasteiger partial charge < -0.3 is 0 Å². The first-order valence-electron chi connectivity index (χ1n) is 6.70. The highest BCUT2D eigenvalue weighted by atomic mass is 32.2. The number of nitro benzene ring substituents is 1. The van der Waals surface area contributed by atoms with Crippen molar-refractivity contribution in [3.05, 3.63) is 69.0 Å². The molecule has 0 bridgehead atoms. The molecule has 8 heteroatoms. The van der Waals surface area contributed by atoms with Crippen LogP contribution in [-0.4, -0.2) is 13.3 Å². The minimum absolute atomic E-state index is 0.0379. The first kappa shape index (κ1) is 17.0. The molecule has 0 aromatic heterocycles. The Morgan fingerprint density at radius 3 is 2.35 bits per heavy atom. The fraction of sp³-hybridized carbons (Fsp3) is 0.200. The van der Waals surface area contributed by atoms with Gasteiger partial charge in [0, 0.05) is 18.7 Å². The Morgan fingerprint density at radius 1 is 1.17 bits per heavy atom. The first-order valence-corrected chi connectivity index (χ1v) is 8.19. The van der Waals surface area contributed by atoms with Crippen LogP contribution in [0, 0.1) is 29.8 Å². The van der Waals surface area contributed by atoms with Gasteiger partial charge in [0.05, 0.1) is 9.82 Å². The van der Waals surface area contributed by atoms with Crippen molar-refractivity contribution in [2.24, 2.45) is 0 Å². The number of nitrogens with one attached hydrogen (secondary N) is 1. The molecule has 122 valence electrons. The lowest BCUT2D eigenvalue weighted by atomic mass is 10.1. The average molecular weight is 338 g/mol. The van der Waals surface area contributed by atoms with Crippen LogP contribution in [0.3, 0.4) is 0 Å². The summed E-state index contributed by atoms with van der Waals surface area (Å²) in [5, 5.41) is 10.9. The van der Waals surface area contributed by atoms with Gasteiger partial charge in [-0.15, -0.1) is 0 Å². The molecule has 2 rings (SSSR count). The van der Waals surface area contributed by atoms with Gasteiger partial charge >= 0.3 is 0 Å². The maximum absolute atomic E-state index is 12.8. The Morgan fingerprint density at radius 2 is 1.78 bits per heavy atom. The number of hydrogen-bond acceptors (Lipinski definition) is 4. The smallest absolute Gasteiger partial charge is 0.258 e. The number of hydrogen-bond donors (Lipinski definition) is 1. The van der Waals surface area contributed by atoms with Crippen LogP contribution in [0.15, 0.2) is 41.3 Å². The lowest BCUT2D eigenvalue weighted by Gasteiger charge is -2.11. The summed E-state index contributed by atoms with van der Waals surface area (Å²) in [5.74, 6) is -0.415. The van der Waals surface area contributed by atoms with Crippen LogP contribution >= 0.6 is 0 Å². The molecule has 0 atom stereocenters. The number of aryl methyl sites for hydroxylation is 1. The molecule has 2 aromatic carbocycles. The zero-order valence-corrected chi connectivity index (χ0v) is 13.4. The van der Waals surface area contributed by atoms with Crippen LogP contribution in [0.5, 0.6) is 0 Å². The van der Waals surface area contributed by atoms with Crippen molar-refractivity contribution in [1.29, 1.82) is 0 Å². The van der Waals surface area contributed by atoms with Gasteiger partial charge in [-0.3, -0.25) is 10.1 Å². The second-order valence-corrected chi connectivity index (χ2v) is 6.83. The summed E-state index contributed by atoms with van der Waals surface area (Å²) in [6, 6.07) is 7.75. The van der Waals surface area contributed by atoms with Crippen molar-refractivity contribution in [2.75, 3.05) is 0 Å². The van der Waals surface area contributed by atoms with Crippen molar-refractivity contribution < 1.29 is 17.7 Å². The van der Waals surface area contributed by atoms with Gasteiger partial charge in [0.2, 0.25) is 10.0 Å². The van der Waals surface area contributed by atoms with Crippen LogP contribution in [-0.2, 0) is 16.6 Å². The van der Waals surface area contributed by atoms with Crippen molar-refractivity contribution in [1.82, 2.24) is 4.72 Å². The predicted octanol–water partition coefficient (Wildman–Crippen LogP) is 2.83. The van der Waals surface area contributed by atoms with Gasteiger partial charge in [-0.1, -0.05) is 12.1 Å². The summed E-state index contributed by atoms with van der Waals surface area (Å²) in [6.45, 7) is 3.16. The molecule has 0 fully saturated rings. The summed E-state index contributed by atoms with van der Waals surface area (Å²) in [7, 11) is -3.93. The van der Waals surface area contributed by atoms with E-state index in [1.807, 2.05) is 0 Å². The first-order chi connectivity index (χ1) is 10.7. The third-order valence-electron chi connectivity index (χ3n) is 3.48. The highest BCUT2D eigenvalue weighted by Crippen LogP contribution is 2.25. The highest BCUT2D eigenvalue weighted by molar-refractivity contribution is 7.89. The summed E-state index contributed by atoms with van der Waals surface area (Å²) in [5.41, 5.74) is 1.26. The molecule has 2 aromatic rings. The minimum atomic E-state index is -3.93. The van der Waals surface area contributed by atoms with Crippen molar-refractivity contribution in [2.45, 2.75) is 25.3 Å². The average Bonchev–Trinajstić information content (AvgIpc) is 2.49. The zero-order valence-electron chi connectivity index (χ0n) is 12.5. The molecule has 6 nitrogen and oxygen atoms in total. The number of nitrogens with zero attached hydrogens (tertiary/aromatic N) is 1. The van der Waals surface area contributed by atoms with E-state index in [-0.39, 0.29) is 17.1 Å². The molecule has 0 saturated heterocycles. The number of halogens is 1. The van der Waals surface area contributed by atoms with E-state index in [1.54, 1.807) is 13.8 Å². The fourth-order valence-corrected chi connectivity index (χ4v) is 3.40. The summed E-state index contributed by atoms with van der Waals surface area (Å²) in [6.07, 6.45) is 0. The molecule has 23 heavy (non-hydrogen) atoms. The van der Waals surface area contributed by atoms with E-state index >= 15 is 0 Å². The quantitative estimate of drug-likeness (QED) is 0.670. The Kier molecular flexibility index (Phi) is 4.76. The lowest BCUT2D eigenvalue weighted by Crippen LogP contribution is -2.24. The predicted molar refractivity (Wildman–Crippen MR) is 83.0 cm³/mol. The summed E-state index contributed by atoms with van der Waals surface area (Å²) >= 11 is 0. The van der Waals surface area contributed by atoms with E-state index in [2.05, 4.69) is 4.72 Å². The van der Waals surface area contributed by atoms with Gasteiger partial charge in [0.1, 0.15) is 5.82 Å². The van der Waals surface area contributed by atoms with E-state index in [1.165, 1.54) is 30.3 Å². The minimum Gasteiger partial charge on any atom is -0.258 e. The second-order valence-electron chi connectivity index (χ2n) is 5.09. The maximum Gasteiger partial charge on any atom is 0.271 e. The van der Waals surface area contributed by atoms with Crippen molar-refractivity contribution >= 4 is 15.7 Å². The van der Waals surface area contributed by atoms with E-state index in [0.717, 1.165) is 6.07 Å². The van der Waals surface area contributed by atoms with Gasteiger partial charge in [-0.25, -0.2) is 17.5 Å². The van der Waals surface area contributed by atoms with E-state index in [0.29, 0.717) is 16.7 Å². The third-order valence-corrected chi connectivity index (χ3v) is 5.01. The standard InChI is InChI=1S/C15H15FN2O4S/c1-10-7-14(18(19)20)8-15(11(10)2)23(21,22)17-9-12-3-5-13(16)6-4-12/h3-8,17H,9H2,1-2H3. The number of rotatable bonds is 5. The Balaban J connectivity index is 2.32. The van der Waals surface area contributed by atoms with Crippen LogP contribution in [0.4, 0.5) is 10.1 Å². The molecule has 0 aliphatic heterocycles. The van der Waals surface area contributed by atoms with Gasteiger partial charge in [-0.2, -0.15) is 0 Å². The molecule has 0 aliphatic rings. The molecular formula is C15H15FN2O4S. The van der Waals surface area contributed by atoms with E-state index in [9.17, 15) is 22.9 Å². The zero-order chi connectivity index (χ0) is 17.2. The van der Waals surface area contributed by atoms with E-state index in [4.69, 9.17) is 0 Å². The van der Waals surface area contributed by atoms with Gasteiger partial charge in [0.15, 0.2) is 0 Å². The topological polar surface area (TPSA) is 89.3 Å². The molecule has 0 amide bonds. The van der Waals surface area contributed by atoms with Crippen molar-refractivity contribution in [3.63, 3.8) is 0 Å². The molecular weight excluding hydrogens is 323 g/mol. The number of benzene rings is 2. The SMILES string of the molecule is Cc1cc([N+](=O)[O-])cc(S(=O)(=O)NCc2ccc(F)cc2)c1C. The fourth-order valence-electron chi connectivity index (χ4n) is 2.05. The maximum atomic E-state index is 12.8. The molecule has 0 saturated carbocycles.